The monoisotopic (exact) mass is 240 g/mol. The molecular weight excluding hydrogens is 220 g/mol. The van der Waals surface area contributed by atoms with Crippen molar-refractivity contribution < 1.29 is 0 Å². The zero-order chi connectivity index (χ0) is 12.5. The first-order chi connectivity index (χ1) is 7.22. The Morgan fingerprint density at radius 2 is 2.06 bits per heavy atom. The van der Waals surface area contributed by atoms with Crippen LogP contribution in [0.5, 0.6) is 0 Å². The first kappa shape index (κ1) is 13.0. The van der Waals surface area contributed by atoms with Crippen molar-refractivity contribution >= 4 is 23.0 Å². The van der Waals surface area contributed by atoms with Crippen molar-refractivity contribution in [3.05, 3.63) is 11.3 Å². The van der Waals surface area contributed by atoms with Gasteiger partial charge in [-0.05, 0) is 12.3 Å². The van der Waals surface area contributed by atoms with Gasteiger partial charge in [0.25, 0.3) is 0 Å². The van der Waals surface area contributed by atoms with Crippen molar-refractivity contribution in [2.45, 2.75) is 27.7 Å². The molecule has 0 aliphatic heterocycles. The maximum atomic E-state index is 5.71. The van der Waals surface area contributed by atoms with Crippen molar-refractivity contribution in [3.63, 3.8) is 0 Å². The summed E-state index contributed by atoms with van der Waals surface area (Å²) in [6, 6.07) is 0. The van der Waals surface area contributed by atoms with Crippen LogP contribution >= 0.6 is 12.2 Å². The Balaban J connectivity index is 2.99. The first-order valence-corrected chi connectivity index (χ1v) is 5.70. The molecule has 90 valence electrons. The third kappa shape index (κ3) is 2.95. The first-order valence-electron chi connectivity index (χ1n) is 5.29. The molecule has 16 heavy (non-hydrogen) atoms. The zero-order valence-electron chi connectivity index (χ0n) is 10.6. The van der Waals surface area contributed by atoms with E-state index in [2.05, 4.69) is 31.2 Å². The standard InChI is InChI=1S/C11H20N4S/c1-7-8(9(12)16)10(15(5)14-7)13-6-11(2,3)4/h13H,6H2,1-5H3,(H2,12,16). The van der Waals surface area contributed by atoms with Gasteiger partial charge in [-0.1, -0.05) is 33.0 Å². The van der Waals surface area contributed by atoms with Gasteiger partial charge in [0.2, 0.25) is 0 Å². The number of hydrogen-bond acceptors (Lipinski definition) is 3. The lowest BCUT2D eigenvalue weighted by molar-refractivity contribution is 0.441. The second-order valence-corrected chi connectivity index (χ2v) is 5.65. The Morgan fingerprint density at radius 3 is 2.50 bits per heavy atom. The predicted octanol–water partition coefficient (Wildman–Crippen LogP) is 1.82. The topological polar surface area (TPSA) is 55.9 Å². The van der Waals surface area contributed by atoms with Crippen molar-refractivity contribution in [3.8, 4) is 0 Å². The average molecular weight is 240 g/mol. The second-order valence-electron chi connectivity index (χ2n) is 5.21. The Kier molecular flexibility index (Phi) is 3.57. The van der Waals surface area contributed by atoms with Crippen LogP contribution in [0.15, 0.2) is 0 Å². The third-order valence-electron chi connectivity index (χ3n) is 2.25. The molecular formula is C11H20N4S. The van der Waals surface area contributed by atoms with E-state index in [1.807, 2.05) is 14.0 Å². The molecule has 0 fully saturated rings. The van der Waals surface area contributed by atoms with E-state index in [-0.39, 0.29) is 5.41 Å². The number of nitrogens with two attached hydrogens (primary N) is 1. The summed E-state index contributed by atoms with van der Waals surface area (Å²) in [5.41, 5.74) is 7.62. The number of nitrogens with zero attached hydrogens (tertiary/aromatic N) is 2. The summed E-state index contributed by atoms with van der Waals surface area (Å²) in [4.78, 5) is 0.391. The molecule has 0 bridgehead atoms. The molecule has 0 amide bonds. The van der Waals surface area contributed by atoms with E-state index in [0.29, 0.717) is 4.99 Å². The zero-order valence-corrected chi connectivity index (χ0v) is 11.4. The van der Waals surface area contributed by atoms with E-state index < -0.39 is 0 Å². The Hall–Kier alpha value is -1.10. The van der Waals surface area contributed by atoms with Gasteiger partial charge in [0, 0.05) is 13.6 Å². The molecule has 5 heteroatoms. The maximum Gasteiger partial charge on any atom is 0.134 e. The van der Waals surface area contributed by atoms with Crippen LogP contribution in [-0.4, -0.2) is 21.3 Å². The fourth-order valence-corrected chi connectivity index (χ4v) is 1.75. The maximum absolute atomic E-state index is 5.71. The van der Waals surface area contributed by atoms with Crippen LogP contribution in [0.3, 0.4) is 0 Å². The van der Waals surface area contributed by atoms with Crippen LogP contribution in [0.2, 0.25) is 0 Å². The summed E-state index contributed by atoms with van der Waals surface area (Å²) in [6.07, 6.45) is 0. The van der Waals surface area contributed by atoms with Gasteiger partial charge in [0.05, 0.1) is 11.3 Å². The highest BCUT2D eigenvalue weighted by molar-refractivity contribution is 7.80. The molecule has 0 saturated heterocycles. The molecule has 1 aromatic rings. The number of anilines is 1. The fraction of sp³-hybridized carbons (Fsp3) is 0.636. The lowest BCUT2D eigenvalue weighted by atomic mass is 9.97. The number of rotatable bonds is 3. The molecule has 0 aliphatic rings. The summed E-state index contributed by atoms with van der Waals surface area (Å²) in [5.74, 6) is 0.903. The van der Waals surface area contributed by atoms with E-state index in [1.165, 1.54) is 0 Å². The molecule has 3 N–H and O–H groups in total. The number of hydrogen-bond donors (Lipinski definition) is 2. The lowest BCUT2D eigenvalue weighted by Gasteiger charge is -2.20. The van der Waals surface area contributed by atoms with Gasteiger partial charge in [0.15, 0.2) is 0 Å². The summed E-state index contributed by atoms with van der Waals surface area (Å²) in [5, 5.41) is 7.68. The van der Waals surface area contributed by atoms with Gasteiger partial charge in [-0.3, -0.25) is 4.68 Å². The number of thiocarbonyl (C=S) groups is 1. The van der Waals surface area contributed by atoms with Crippen LogP contribution in [0.4, 0.5) is 5.82 Å². The highest BCUT2D eigenvalue weighted by atomic mass is 32.1. The molecule has 0 atom stereocenters. The molecule has 1 heterocycles. The SMILES string of the molecule is Cc1nn(C)c(NCC(C)(C)C)c1C(N)=S. The van der Waals surface area contributed by atoms with Crippen LogP contribution in [-0.2, 0) is 7.05 Å². The van der Waals surface area contributed by atoms with Crippen molar-refractivity contribution in [2.75, 3.05) is 11.9 Å². The van der Waals surface area contributed by atoms with Gasteiger partial charge < -0.3 is 11.1 Å². The molecule has 0 aromatic carbocycles. The third-order valence-corrected chi connectivity index (χ3v) is 2.46. The molecule has 4 nitrogen and oxygen atoms in total. The lowest BCUT2D eigenvalue weighted by Crippen LogP contribution is -2.22. The van der Waals surface area contributed by atoms with Crippen LogP contribution < -0.4 is 11.1 Å². The van der Waals surface area contributed by atoms with Gasteiger partial charge in [-0.25, -0.2) is 0 Å². The van der Waals surface area contributed by atoms with Crippen LogP contribution in [0, 0.1) is 12.3 Å². The van der Waals surface area contributed by atoms with Gasteiger partial charge in [-0.15, -0.1) is 0 Å². The minimum Gasteiger partial charge on any atom is -0.389 e. The molecule has 0 unspecified atom stereocenters. The quantitative estimate of drug-likeness (QED) is 0.791. The highest BCUT2D eigenvalue weighted by Crippen LogP contribution is 2.21. The number of aryl methyl sites for hydroxylation is 2. The van der Waals surface area contributed by atoms with E-state index in [9.17, 15) is 0 Å². The normalized spacial score (nSPS) is 11.6. The van der Waals surface area contributed by atoms with Crippen molar-refractivity contribution in [1.29, 1.82) is 0 Å². The van der Waals surface area contributed by atoms with E-state index in [0.717, 1.165) is 23.6 Å². The fourth-order valence-electron chi connectivity index (χ4n) is 1.50. The van der Waals surface area contributed by atoms with Crippen molar-refractivity contribution in [2.24, 2.45) is 18.2 Å². The molecule has 0 aliphatic carbocycles. The molecule has 0 saturated carbocycles. The second kappa shape index (κ2) is 4.41. The highest BCUT2D eigenvalue weighted by Gasteiger charge is 2.17. The summed E-state index contributed by atoms with van der Waals surface area (Å²) in [6.45, 7) is 9.27. The Labute approximate surface area is 102 Å². The number of nitrogens with one attached hydrogen (secondary N) is 1. The largest absolute Gasteiger partial charge is 0.389 e. The molecule has 1 aromatic heterocycles. The van der Waals surface area contributed by atoms with Gasteiger partial charge >= 0.3 is 0 Å². The minimum absolute atomic E-state index is 0.200. The summed E-state index contributed by atoms with van der Waals surface area (Å²) in [7, 11) is 1.89. The van der Waals surface area contributed by atoms with Crippen LogP contribution in [0.1, 0.15) is 32.0 Å². The minimum atomic E-state index is 0.200. The Morgan fingerprint density at radius 1 is 1.50 bits per heavy atom. The predicted molar refractivity (Wildman–Crippen MR) is 71.8 cm³/mol. The molecule has 1 rings (SSSR count). The van der Waals surface area contributed by atoms with Crippen LogP contribution in [0.25, 0.3) is 0 Å². The van der Waals surface area contributed by atoms with Gasteiger partial charge in [0.1, 0.15) is 10.8 Å². The van der Waals surface area contributed by atoms with E-state index >= 15 is 0 Å². The average Bonchev–Trinajstić information content (AvgIpc) is 2.35. The Bertz CT molecular complexity index is 401. The smallest absolute Gasteiger partial charge is 0.134 e. The molecule has 0 spiro atoms. The number of aromatic nitrogens is 2. The summed E-state index contributed by atoms with van der Waals surface area (Å²) < 4.78 is 1.79. The molecule has 0 radical (unpaired) electrons. The van der Waals surface area contributed by atoms with E-state index in [1.54, 1.807) is 4.68 Å². The van der Waals surface area contributed by atoms with Gasteiger partial charge in [-0.2, -0.15) is 5.10 Å². The van der Waals surface area contributed by atoms with Crippen molar-refractivity contribution in [1.82, 2.24) is 9.78 Å². The summed E-state index contributed by atoms with van der Waals surface area (Å²) >= 11 is 5.04. The van der Waals surface area contributed by atoms with E-state index in [4.69, 9.17) is 18.0 Å².